The smallest absolute Gasteiger partial charge is 0.346 e. The fraction of sp³-hybridized carbons (Fsp3) is 0.227. The first-order chi connectivity index (χ1) is 14.0. The lowest BCUT2D eigenvalue weighted by Gasteiger charge is -2.37. The fourth-order valence-electron chi connectivity index (χ4n) is 3.34. The van der Waals surface area contributed by atoms with Crippen molar-refractivity contribution in [3.63, 3.8) is 0 Å². The molecular formula is C22H22N2O5. The van der Waals surface area contributed by atoms with E-state index in [0.717, 1.165) is 0 Å². The highest BCUT2D eigenvalue weighted by Crippen LogP contribution is 2.37. The van der Waals surface area contributed by atoms with Crippen LogP contribution in [0.2, 0.25) is 0 Å². The first kappa shape index (κ1) is 20.3. The van der Waals surface area contributed by atoms with Gasteiger partial charge in [0, 0.05) is 11.8 Å². The molecule has 3 aromatic rings. The van der Waals surface area contributed by atoms with Crippen LogP contribution in [-0.4, -0.2) is 46.0 Å². The van der Waals surface area contributed by atoms with Crippen LogP contribution in [0.3, 0.4) is 0 Å². The lowest BCUT2D eigenvalue weighted by atomic mass is 9.70. The number of aromatic nitrogens is 2. The number of rotatable bonds is 8. The molecule has 0 fully saturated rings. The van der Waals surface area contributed by atoms with Gasteiger partial charge < -0.3 is 19.7 Å². The molecule has 0 amide bonds. The number of aliphatic hydroxyl groups excluding tert-OH is 1. The van der Waals surface area contributed by atoms with Crippen LogP contribution in [0.15, 0.2) is 66.7 Å². The fourth-order valence-corrected chi connectivity index (χ4v) is 3.34. The Bertz CT molecular complexity index is 924. The Morgan fingerprint density at radius 1 is 1.03 bits per heavy atom. The second-order valence-corrected chi connectivity index (χ2v) is 6.53. The van der Waals surface area contributed by atoms with E-state index in [-0.39, 0.29) is 11.9 Å². The maximum absolute atomic E-state index is 12.4. The lowest BCUT2D eigenvalue weighted by Crippen LogP contribution is -2.52. The zero-order valence-electron chi connectivity index (χ0n) is 16.1. The Hall–Kier alpha value is -3.45. The largest absolute Gasteiger partial charge is 0.481 e. The van der Waals surface area contributed by atoms with E-state index in [4.69, 9.17) is 9.47 Å². The third-order valence-corrected chi connectivity index (χ3v) is 4.74. The van der Waals surface area contributed by atoms with Crippen molar-refractivity contribution >= 4 is 5.97 Å². The first-order valence-corrected chi connectivity index (χ1v) is 9.02. The van der Waals surface area contributed by atoms with E-state index in [2.05, 4.69) is 9.97 Å². The predicted molar refractivity (Wildman–Crippen MR) is 106 cm³/mol. The summed E-state index contributed by atoms with van der Waals surface area (Å²) in [6.07, 6.45) is -1.50. The van der Waals surface area contributed by atoms with E-state index in [1.807, 2.05) is 12.1 Å². The molecule has 1 atom stereocenters. The monoisotopic (exact) mass is 394 g/mol. The Balaban J connectivity index is 2.18. The Kier molecular flexibility index (Phi) is 6.09. The molecule has 3 rings (SSSR count). The summed E-state index contributed by atoms with van der Waals surface area (Å²) in [5, 5.41) is 20.6. The van der Waals surface area contributed by atoms with E-state index in [1.165, 1.54) is 7.11 Å². The number of carboxylic acid groups (broad SMARTS) is 1. The van der Waals surface area contributed by atoms with Gasteiger partial charge >= 0.3 is 12.0 Å². The van der Waals surface area contributed by atoms with Crippen LogP contribution in [0.25, 0.3) is 0 Å². The lowest BCUT2D eigenvalue weighted by molar-refractivity contribution is -0.149. The Morgan fingerprint density at radius 3 is 2.03 bits per heavy atom. The minimum absolute atomic E-state index is 0.140. The number of benzene rings is 2. The van der Waals surface area contributed by atoms with Crippen molar-refractivity contribution < 1.29 is 24.5 Å². The van der Waals surface area contributed by atoms with Gasteiger partial charge in [0.05, 0.1) is 19.1 Å². The number of methoxy groups -OCH3 is 1. The predicted octanol–water partition coefficient (Wildman–Crippen LogP) is 2.60. The molecule has 0 saturated carbocycles. The van der Waals surface area contributed by atoms with Crippen LogP contribution in [-0.2, 0) is 10.2 Å². The quantitative estimate of drug-likeness (QED) is 0.605. The summed E-state index contributed by atoms with van der Waals surface area (Å²) >= 11 is 0. The van der Waals surface area contributed by atoms with E-state index < -0.39 is 24.1 Å². The molecule has 2 N–H and O–H groups in total. The van der Waals surface area contributed by atoms with Gasteiger partial charge in [-0.1, -0.05) is 60.7 Å². The van der Waals surface area contributed by atoms with Gasteiger partial charge in [-0.3, -0.25) is 0 Å². The third kappa shape index (κ3) is 4.05. The van der Waals surface area contributed by atoms with Gasteiger partial charge in [-0.25, -0.2) is 9.78 Å². The van der Waals surface area contributed by atoms with Crippen molar-refractivity contribution in [3.8, 4) is 11.9 Å². The van der Waals surface area contributed by atoms with Crippen molar-refractivity contribution in [2.24, 2.45) is 0 Å². The van der Waals surface area contributed by atoms with Crippen molar-refractivity contribution in [2.75, 3.05) is 13.7 Å². The second kappa shape index (κ2) is 8.70. The number of carbonyl (C=O) groups is 1. The van der Waals surface area contributed by atoms with Crippen LogP contribution in [0.1, 0.15) is 16.8 Å². The van der Waals surface area contributed by atoms with Crippen LogP contribution in [0, 0.1) is 6.92 Å². The molecule has 1 aromatic heterocycles. The maximum Gasteiger partial charge on any atom is 0.346 e. The van der Waals surface area contributed by atoms with Crippen LogP contribution in [0.4, 0.5) is 0 Å². The van der Waals surface area contributed by atoms with Crippen molar-refractivity contribution in [3.05, 3.63) is 83.6 Å². The Labute approximate surface area is 168 Å². The molecule has 0 aliphatic carbocycles. The number of hydrogen-bond donors (Lipinski definition) is 2. The molecule has 0 radical (unpaired) electrons. The summed E-state index contributed by atoms with van der Waals surface area (Å²) in [7, 11) is 1.45. The molecule has 2 aromatic carbocycles. The van der Waals surface area contributed by atoms with E-state index in [9.17, 15) is 15.0 Å². The van der Waals surface area contributed by atoms with E-state index >= 15 is 0 Å². The van der Waals surface area contributed by atoms with Gasteiger partial charge in [-0.2, -0.15) is 4.98 Å². The molecule has 7 nitrogen and oxygen atoms in total. The Morgan fingerprint density at radius 2 is 1.59 bits per heavy atom. The first-order valence-electron chi connectivity index (χ1n) is 9.02. The van der Waals surface area contributed by atoms with Gasteiger partial charge in [0.1, 0.15) is 0 Å². The van der Waals surface area contributed by atoms with Gasteiger partial charge in [0.15, 0.2) is 0 Å². The summed E-state index contributed by atoms with van der Waals surface area (Å²) in [4.78, 5) is 20.7. The second-order valence-electron chi connectivity index (χ2n) is 6.53. The number of aryl methyl sites for hydroxylation is 1. The van der Waals surface area contributed by atoms with Crippen molar-refractivity contribution in [1.82, 2.24) is 9.97 Å². The zero-order valence-corrected chi connectivity index (χ0v) is 16.1. The van der Waals surface area contributed by atoms with Crippen LogP contribution < -0.4 is 9.47 Å². The average Bonchev–Trinajstić information content (AvgIpc) is 2.75. The molecule has 29 heavy (non-hydrogen) atoms. The van der Waals surface area contributed by atoms with Gasteiger partial charge in [-0.15, -0.1) is 0 Å². The summed E-state index contributed by atoms with van der Waals surface area (Å²) in [5.74, 6) is -0.999. The SMILES string of the molecule is COc1cc(C)nc(OC(C(=O)O)C(CO)(c2ccccc2)c2ccccc2)n1. The minimum Gasteiger partial charge on any atom is -0.481 e. The maximum atomic E-state index is 12.4. The summed E-state index contributed by atoms with van der Waals surface area (Å²) < 4.78 is 10.9. The summed E-state index contributed by atoms with van der Waals surface area (Å²) in [6, 6.07) is 19.3. The van der Waals surface area contributed by atoms with Crippen LogP contribution >= 0.6 is 0 Å². The number of aliphatic carboxylic acids is 1. The number of aliphatic hydroxyl groups is 1. The standard InChI is InChI=1S/C22H22N2O5/c1-15-13-18(28-2)24-21(23-15)29-19(20(26)27)22(14-25,16-9-5-3-6-10-16)17-11-7-4-8-12-17/h3-13,19,25H,14H2,1-2H3,(H,26,27). The molecule has 0 aliphatic rings. The van der Waals surface area contributed by atoms with Crippen molar-refractivity contribution in [1.29, 1.82) is 0 Å². The molecule has 0 aliphatic heterocycles. The van der Waals surface area contributed by atoms with Crippen molar-refractivity contribution in [2.45, 2.75) is 18.4 Å². The number of hydrogen-bond acceptors (Lipinski definition) is 6. The highest BCUT2D eigenvalue weighted by atomic mass is 16.5. The normalized spacial score (nSPS) is 12.2. The topological polar surface area (TPSA) is 102 Å². The van der Waals surface area contributed by atoms with Gasteiger partial charge in [-0.05, 0) is 18.1 Å². The molecule has 1 unspecified atom stereocenters. The molecule has 0 bridgehead atoms. The van der Waals surface area contributed by atoms with E-state index in [0.29, 0.717) is 16.8 Å². The molecule has 7 heteroatoms. The molecule has 1 heterocycles. The minimum atomic E-state index is -1.50. The summed E-state index contributed by atoms with van der Waals surface area (Å²) in [6.45, 7) is 1.22. The number of nitrogens with zero attached hydrogens (tertiary/aromatic N) is 2. The van der Waals surface area contributed by atoms with E-state index in [1.54, 1.807) is 61.5 Å². The molecule has 0 saturated heterocycles. The van der Waals surface area contributed by atoms with Gasteiger partial charge in [0.2, 0.25) is 12.0 Å². The molecule has 0 spiro atoms. The average molecular weight is 394 g/mol. The van der Waals surface area contributed by atoms with Crippen LogP contribution in [0.5, 0.6) is 11.9 Å². The molecular weight excluding hydrogens is 372 g/mol. The third-order valence-electron chi connectivity index (χ3n) is 4.74. The molecule has 150 valence electrons. The van der Waals surface area contributed by atoms with Gasteiger partial charge in [0.25, 0.3) is 0 Å². The number of ether oxygens (including phenoxy) is 2. The zero-order chi connectivity index (χ0) is 20.9. The highest BCUT2D eigenvalue weighted by Gasteiger charge is 2.48. The highest BCUT2D eigenvalue weighted by molar-refractivity contribution is 5.77. The summed E-state index contributed by atoms with van der Waals surface area (Å²) in [5.41, 5.74) is 0.376. The number of carboxylic acids is 1.